The smallest absolute Gasteiger partial charge is 0.247 e. The minimum absolute atomic E-state index is 0.0959. The van der Waals surface area contributed by atoms with Gasteiger partial charge in [-0.3, -0.25) is 9.59 Å². The third-order valence-electron chi connectivity index (χ3n) is 6.11. The van der Waals surface area contributed by atoms with Crippen LogP contribution in [-0.2, 0) is 16.1 Å². The molecule has 0 aromatic heterocycles. The molecular formula is C25H30Cl2N2O2. The first-order valence-corrected chi connectivity index (χ1v) is 11.8. The van der Waals surface area contributed by atoms with Gasteiger partial charge in [-0.1, -0.05) is 79.4 Å². The highest BCUT2D eigenvalue weighted by Gasteiger charge is 2.34. The molecule has 1 fully saturated rings. The topological polar surface area (TPSA) is 49.4 Å². The molecule has 2 aromatic rings. The van der Waals surface area contributed by atoms with Gasteiger partial charge in [0.15, 0.2) is 0 Å². The first-order valence-electron chi connectivity index (χ1n) is 10.9. The van der Waals surface area contributed by atoms with E-state index in [1.54, 1.807) is 17.0 Å². The van der Waals surface area contributed by atoms with E-state index < -0.39 is 6.04 Å². The van der Waals surface area contributed by atoms with E-state index in [1.807, 2.05) is 43.3 Å². The fraction of sp³-hybridized carbons (Fsp3) is 0.440. The van der Waals surface area contributed by atoms with Crippen molar-refractivity contribution in [2.45, 2.75) is 58.2 Å². The number of hydrogen-bond acceptors (Lipinski definition) is 2. The van der Waals surface area contributed by atoms with Crippen LogP contribution in [0.5, 0.6) is 0 Å². The molecule has 3 atom stereocenters. The first kappa shape index (κ1) is 23.6. The number of hydrogen-bond donors (Lipinski definition) is 1. The Hall–Kier alpha value is -2.04. The third-order valence-corrected chi connectivity index (χ3v) is 6.68. The lowest BCUT2D eigenvalue weighted by Crippen LogP contribution is -2.49. The summed E-state index contributed by atoms with van der Waals surface area (Å²) in [5.74, 6) is -0.324. The van der Waals surface area contributed by atoms with Crippen molar-refractivity contribution in [3.8, 4) is 0 Å². The molecule has 166 valence electrons. The average molecular weight is 461 g/mol. The number of nitrogens with zero attached hydrogens (tertiary/aromatic N) is 1. The second kappa shape index (κ2) is 11.0. The molecule has 1 aliphatic carbocycles. The number of carbonyl (C=O) groups excluding carboxylic acids is 2. The Bertz CT molecular complexity index is 901. The van der Waals surface area contributed by atoms with Gasteiger partial charge in [0.2, 0.25) is 11.8 Å². The van der Waals surface area contributed by atoms with Crippen molar-refractivity contribution in [1.82, 2.24) is 10.2 Å². The fourth-order valence-electron chi connectivity index (χ4n) is 4.23. The van der Waals surface area contributed by atoms with Gasteiger partial charge in [-0.15, -0.1) is 11.6 Å². The van der Waals surface area contributed by atoms with E-state index in [0.717, 1.165) is 30.4 Å². The van der Waals surface area contributed by atoms with Gasteiger partial charge in [-0.05, 0) is 37.3 Å². The molecule has 0 aliphatic heterocycles. The van der Waals surface area contributed by atoms with Crippen LogP contribution >= 0.6 is 23.2 Å². The lowest BCUT2D eigenvalue weighted by atomic mass is 9.85. The van der Waals surface area contributed by atoms with Gasteiger partial charge in [0.1, 0.15) is 11.9 Å². The van der Waals surface area contributed by atoms with Crippen molar-refractivity contribution < 1.29 is 9.59 Å². The highest BCUT2D eigenvalue weighted by molar-refractivity contribution is 6.31. The zero-order valence-electron chi connectivity index (χ0n) is 18.1. The second-order valence-electron chi connectivity index (χ2n) is 8.44. The molecule has 1 aliphatic rings. The van der Waals surface area contributed by atoms with E-state index in [1.165, 1.54) is 6.42 Å². The highest BCUT2D eigenvalue weighted by atomic mass is 35.5. The van der Waals surface area contributed by atoms with Crippen LogP contribution in [0.15, 0.2) is 48.5 Å². The predicted octanol–water partition coefficient (Wildman–Crippen LogP) is 5.65. The molecule has 1 saturated carbocycles. The summed E-state index contributed by atoms with van der Waals surface area (Å²) in [6, 6.07) is 14.4. The summed E-state index contributed by atoms with van der Waals surface area (Å²) in [4.78, 5) is 28.1. The van der Waals surface area contributed by atoms with Crippen LogP contribution in [0.25, 0.3) is 0 Å². The van der Waals surface area contributed by atoms with Crippen molar-refractivity contribution in [3.63, 3.8) is 0 Å². The van der Waals surface area contributed by atoms with E-state index in [0.29, 0.717) is 16.5 Å². The number of rotatable bonds is 7. The van der Waals surface area contributed by atoms with Gasteiger partial charge in [0, 0.05) is 23.2 Å². The summed E-state index contributed by atoms with van der Waals surface area (Å²) < 4.78 is 0. The number of nitrogens with one attached hydrogen (secondary N) is 1. The molecular weight excluding hydrogens is 431 g/mol. The Labute approximate surface area is 194 Å². The largest absolute Gasteiger partial charge is 0.351 e. The molecule has 31 heavy (non-hydrogen) atoms. The zero-order valence-corrected chi connectivity index (χ0v) is 19.6. The molecule has 0 heterocycles. The van der Waals surface area contributed by atoms with Crippen LogP contribution in [0.1, 0.15) is 55.3 Å². The van der Waals surface area contributed by atoms with E-state index in [9.17, 15) is 9.59 Å². The number of benzene rings is 2. The molecule has 3 rings (SSSR count). The number of amides is 2. The van der Waals surface area contributed by atoms with Crippen molar-refractivity contribution in [2.75, 3.05) is 5.88 Å². The normalized spacial score (nSPS) is 19.5. The van der Waals surface area contributed by atoms with Crippen LogP contribution < -0.4 is 5.32 Å². The van der Waals surface area contributed by atoms with Crippen LogP contribution in [0.3, 0.4) is 0 Å². The lowest BCUT2D eigenvalue weighted by molar-refractivity contribution is -0.140. The molecule has 0 spiro atoms. The maximum Gasteiger partial charge on any atom is 0.247 e. The molecule has 2 aromatic carbocycles. The average Bonchev–Trinajstić information content (AvgIpc) is 2.77. The molecule has 4 nitrogen and oxygen atoms in total. The van der Waals surface area contributed by atoms with E-state index in [-0.39, 0.29) is 30.3 Å². The summed E-state index contributed by atoms with van der Waals surface area (Å²) >= 11 is 12.5. The Morgan fingerprint density at radius 1 is 1.10 bits per heavy atom. The van der Waals surface area contributed by atoms with E-state index in [2.05, 4.69) is 12.2 Å². The Balaban J connectivity index is 1.97. The maximum absolute atomic E-state index is 13.6. The van der Waals surface area contributed by atoms with Crippen molar-refractivity contribution in [3.05, 3.63) is 70.2 Å². The van der Waals surface area contributed by atoms with Gasteiger partial charge in [0.25, 0.3) is 0 Å². The third kappa shape index (κ3) is 6.02. The quantitative estimate of drug-likeness (QED) is 0.542. The summed E-state index contributed by atoms with van der Waals surface area (Å²) in [5, 5.41) is 3.67. The monoisotopic (exact) mass is 460 g/mol. The Morgan fingerprint density at radius 2 is 1.77 bits per heavy atom. The van der Waals surface area contributed by atoms with Crippen molar-refractivity contribution in [1.29, 1.82) is 0 Å². The standard InChI is InChI=1S/C25H30Cl2N2O2/c1-17-11-13-19(14-12-17)16-29(23(30)15-26)24(20-8-4-5-9-21(20)27)25(31)28-22-10-6-3-7-18(22)2/h4-5,8-9,11-14,18,22,24H,3,6-7,10,15-16H2,1-2H3,(H,28,31)/t18-,22+,24-/m0/s1. The first-order chi connectivity index (χ1) is 14.9. The van der Waals surface area contributed by atoms with Crippen LogP contribution in [-0.4, -0.2) is 28.6 Å². The Morgan fingerprint density at radius 3 is 2.42 bits per heavy atom. The summed E-state index contributed by atoms with van der Waals surface area (Å²) in [6.45, 7) is 4.45. The zero-order chi connectivity index (χ0) is 22.4. The number of halogens is 2. The number of alkyl halides is 1. The molecule has 0 unspecified atom stereocenters. The molecule has 0 saturated heterocycles. The van der Waals surface area contributed by atoms with E-state index >= 15 is 0 Å². The summed E-state index contributed by atoms with van der Waals surface area (Å²) in [6.07, 6.45) is 4.32. The highest BCUT2D eigenvalue weighted by Crippen LogP contribution is 2.31. The van der Waals surface area contributed by atoms with Crippen molar-refractivity contribution >= 4 is 35.0 Å². The molecule has 2 amide bonds. The fourth-order valence-corrected chi connectivity index (χ4v) is 4.62. The lowest BCUT2D eigenvalue weighted by Gasteiger charge is -2.35. The number of aryl methyl sites for hydroxylation is 1. The van der Waals surface area contributed by atoms with Gasteiger partial charge in [-0.25, -0.2) is 0 Å². The maximum atomic E-state index is 13.6. The van der Waals surface area contributed by atoms with Gasteiger partial charge in [0.05, 0.1) is 0 Å². The summed E-state index contributed by atoms with van der Waals surface area (Å²) in [5.41, 5.74) is 2.67. The van der Waals surface area contributed by atoms with Gasteiger partial charge in [-0.2, -0.15) is 0 Å². The molecule has 0 bridgehead atoms. The molecule has 6 heteroatoms. The predicted molar refractivity (Wildman–Crippen MR) is 126 cm³/mol. The van der Waals surface area contributed by atoms with Crippen molar-refractivity contribution in [2.24, 2.45) is 5.92 Å². The molecule has 0 radical (unpaired) electrons. The summed E-state index contributed by atoms with van der Waals surface area (Å²) in [7, 11) is 0. The van der Waals surface area contributed by atoms with E-state index in [4.69, 9.17) is 23.2 Å². The molecule has 1 N–H and O–H groups in total. The Kier molecular flexibility index (Phi) is 8.39. The minimum atomic E-state index is -0.852. The van der Waals surface area contributed by atoms with Gasteiger partial charge >= 0.3 is 0 Å². The SMILES string of the molecule is Cc1ccc(CN(C(=O)CCl)[C@H](C(=O)N[C@@H]2CCCC[C@@H]2C)c2ccccc2Cl)cc1. The van der Waals surface area contributed by atoms with Crippen LogP contribution in [0.4, 0.5) is 0 Å². The minimum Gasteiger partial charge on any atom is -0.351 e. The second-order valence-corrected chi connectivity index (χ2v) is 9.12. The van der Waals surface area contributed by atoms with Gasteiger partial charge < -0.3 is 10.2 Å². The number of carbonyl (C=O) groups is 2. The van der Waals surface area contributed by atoms with Crippen LogP contribution in [0.2, 0.25) is 5.02 Å². The van der Waals surface area contributed by atoms with Crippen LogP contribution in [0, 0.1) is 12.8 Å².